The third-order valence-corrected chi connectivity index (χ3v) is 5.65. The molecule has 1 aliphatic carbocycles. The SMILES string of the molecule is COc1cc(Br)c([C@@H](C2CCC2)N2CCNCC2)cc1OC. The number of ether oxygens (including phenoxy) is 2. The summed E-state index contributed by atoms with van der Waals surface area (Å²) in [6.07, 6.45) is 4.02. The molecule has 3 rings (SSSR count). The zero-order valence-electron chi connectivity index (χ0n) is 13.4. The van der Waals surface area contributed by atoms with Crippen LogP contribution >= 0.6 is 15.9 Å². The van der Waals surface area contributed by atoms with Crippen molar-refractivity contribution in [2.75, 3.05) is 40.4 Å². The number of piperazine rings is 1. The van der Waals surface area contributed by atoms with Gasteiger partial charge in [0.25, 0.3) is 0 Å². The van der Waals surface area contributed by atoms with E-state index in [1.807, 2.05) is 6.07 Å². The summed E-state index contributed by atoms with van der Waals surface area (Å²) in [6.45, 7) is 4.38. The van der Waals surface area contributed by atoms with Gasteiger partial charge in [0.15, 0.2) is 11.5 Å². The Balaban J connectivity index is 1.95. The predicted molar refractivity (Wildman–Crippen MR) is 91.8 cm³/mol. The molecule has 0 unspecified atom stereocenters. The van der Waals surface area contributed by atoms with Gasteiger partial charge >= 0.3 is 0 Å². The molecule has 1 atom stereocenters. The first-order chi connectivity index (χ1) is 10.7. The Morgan fingerprint density at radius 1 is 1.14 bits per heavy atom. The molecule has 1 saturated heterocycles. The van der Waals surface area contributed by atoms with Crippen molar-refractivity contribution in [3.05, 3.63) is 22.2 Å². The van der Waals surface area contributed by atoms with Gasteiger partial charge < -0.3 is 14.8 Å². The number of methoxy groups -OCH3 is 2. The Morgan fingerprint density at radius 2 is 1.77 bits per heavy atom. The van der Waals surface area contributed by atoms with Crippen LogP contribution in [-0.4, -0.2) is 45.3 Å². The van der Waals surface area contributed by atoms with E-state index in [2.05, 4.69) is 32.2 Å². The van der Waals surface area contributed by atoms with Crippen LogP contribution in [0.4, 0.5) is 0 Å². The van der Waals surface area contributed by atoms with Crippen molar-refractivity contribution < 1.29 is 9.47 Å². The normalized spacial score (nSPS) is 21.2. The maximum Gasteiger partial charge on any atom is 0.161 e. The molecule has 1 saturated carbocycles. The predicted octanol–water partition coefficient (Wildman–Crippen LogP) is 3.21. The number of rotatable bonds is 5. The summed E-state index contributed by atoms with van der Waals surface area (Å²) in [7, 11) is 3.39. The van der Waals surface area contributed by atoms with Crippen molar-refractivity contribution in [3.63, 3.8) is 0 Å². The molecule has 0 amide bonds. The standard InChI is InChI=1S/C17H25BrN2O2/c1-21-15-10-13(14(18)11-16(15)22-2)17(12-4-3-5-12)20-8-6-19-7-9-20/h10-12,17,19H,3-9H2,1-2H3/t17-/m1/s1. The smallest absolute Gasteiger partial charge is 0.161 e. The molecule has 0 radical (unpaired) electrons. The Hall–Kier alpha value is -0.780. The van der Waals surface area contributed by atoms with Gasteiger partial charge in [-0.05, 0) is 36.5 Å². The minimum Gasteiger partial charge on any atom is -0.493 e. The third-order valence-electron chi connectivity index (χ3n) is 4.96. The Labute approximate surface area is 141 Å². The molecule has 122 valence electrons. The third kappa shape index (κ3) is 3.12. The van der Waals surface area contributed by atoms with Crippen molar-refractivity contribution in [1.29, 1.82) is 0 Å². The van der Waals surface area contributed by atoms with Crippen molar-refractivity contribution in [1.82, 2.24) is 10.2 Å². The average Bonchev–Trinajstić information content (AvgIpc) is 2.51. The van der Waals surface area contributed by atoms with E-state index in [4.69, 9.17) is 9.47 Å². The van der Waals surface area contributed by atoms with E-state index in [9.17, 15) is 0 Å². The highest BCUT2D eigenvalue weighted by Gasteiger charge is 2.35. The molecule has 0 spiro atoms. The van der Waals surface area contributed by atoms with E-state index in [0.717, 1.165) is 48.1 Å². The molecule has 2 aliphatic rings. The second-order valence-corrected chi connectivity index (χ2v) is 7.00. The molecule has 5 heteroatoms. The molecule has 1 aromatic carbocycles. The van der Waals surface area contributed by atoms with Gasteiger partial charge in [-0.1, -0.05) is 22.4 Å². The second kappa shape index (κ2) is 7.20. The van der Waals surface area contributed by atoms with Gasteiger partial charge in [-0.15, -0.1) is 0 Å². The first-order valence-electron chi connectivity index (χ1n) is 8.10. The number of benzene rings is 1. The number of hydrogen-bond donors (Lipinski definition) is 1. The molecule has 1 aliphatic heterocycles. The van der Waals surface area contributed by atoms with Crippen molar-refractivity contribution >= 4 is 15.9 Å². The van der Waals surface area contributed by atoms with Gasteiger partial charge in [-0.3, -0.25) is 4.90 Å². The fraction of sp³-hybridized carbons (Fsp3) is 0.647. The van der Waals surface area contributed by atoms with Crippen LogP contribution in [0.15, 0.2) is 16.6 Å². The lowest BCUT2D eigenvalue weighted by Crippen LogP contribution is -2.47. The van der Waals surface area contributed by atoms with Crippen LogP contribution in [0.5, 0.6) is 11.5 Å². The number of hydrogen-bond acceptors (Lipinski definition) is 4. The summed E-state index contributed by atoms with van der Waals surface area (Å²) in [4.78, 5) is 2.63. The van der Waals surface area contributed by atoms with Crippen LogP contribution in [0.3, 0.4) is 0 Å². The van der Waals surface area contributed by atoms with E-state index in [1.165, 1.54) is 24.8 Å². The highest BCUT2D eigenvalue weighted by atomic mass is 79.9. The molecular weight excluding hydrogens is 344 g/mol. The lowest BCUT2D eigenvalue weighted by Gasteiger charge is -2.43. The summed E-state index contributed by atoms with van der Waals surface area (Å²) in [5, 5.41) is 3.45. The van der Waals surface area contributed by atoms with Gasteiger partial charge in [-0.25, -0.2) is 0 Å². The summed E-state index contributed by atoms with van der Waals surface area (Å²) in [6, 6.07) is 4.68. The summed E-state index contributed by atoms with van der Waals surface area (Å²) in [5.74, 6) is 2.36. The fourth-order valence-corrected chi connectivity index (χ4v) is 4.12. The largest absolute Gasteiger partial charge is 0.493 e. The van der Waals surface area contributed by atoms with Gasteiger partial charge in [0.2, 0.25) is 0 Å². The first kappa shape index (κ1) is 16.1. The van der Waals surface area contributed by atoms with E-state index in [-0.39, 0.29) is 0 Å². The van der Waals surface area contributed by atoms with Crippen molar-refractivity contribution in [2.24, 2.45) is 5.92 Å². The van der Waals surface area contributed by atoms with Crippen LogP contribution in [0.2, 0.25) is 0 Å². The molecule has 0 aromatic heterocycles. The molecule has 1 aromatic rings. The fourth-order valence-electron chi connectivity index (χ4n) is 3.56. The van der Waals surface area contributed by atoms with Gasteiger partial charge in [0.1, 0.15) is 0 Å². The Morgan fingerprint density at radius 3 is 2.32 bits per heavy atom. The second-order valence-electron chi connectivity index (χ2n) is 6.15. The number of nitrogens with one attached hydrogen (secondary N) is 1. The number of nitrogens with zero attached hydrogens (tertiary/aromatic N) is 1. The van der Waals surface area contributed by atoms with Gasteiger partial charge in [-0.2, -0.15) is 0 Å². The van der Waals surface area contributed by atoms with Crippen LogP contribution in [0.1, 0.15) is 30.9 Å². The van der Waals surface area contributed by atoms with E-state index in [0.29, 0.717) is 6.04 Å². The summed E-state index contributed by atoms with van der Waals surface area (Å²) in [5.41, 5.74) is 1.34. The highest BCUT2D eigenvalue weighted by molar-refractivity contribution is 9.10. The zero-order valence-corrected chi connectivity index (χ0v) is 15.0. The van der Waals surface area contributed by atoms with Crippen LogP contribution in [0, 0.1) is 5.92 Å². The summed E-state index contributed by atoms with van der Waals surface area (Å²) >= 11 is 3.76. The molecular formula is C17H25BrN2O2. The Kier molecular flexibility index (Phi) is 5.26. The van der Waals surface area contributed by atoms with Crippen molar-refractivity contribution in [3.8, 4) is 11.5 Å². The topological polar surface area (TPSA) is 33.7 Å². The molecule has 2 fully saturated rings. The van der Waals surface area contributed by atoms with Gasteiger partial charge in [0.05, 0.1) is 14.2 Å². The monoisotopic (exact) mass is 368 g/mol. The Bertz CT molecular complexity index is 514. The van der Waals surface area contributed by atoms with E-state index >= 15 is 0 Å². The molecule has 1 N–H and O–H groups in total. The maximum atomic E-state index is 5.52. The molecule has 1 heterocycles. The lowest BCUT2D eigenvalue weighted by atomic mass is 9.76. The molecule has 4 nitrogen and oxygen atoms in total. The van der Waals surface area contributed by atoms with Crippen LogP contribution < -0.4 is 14.8 Å². The van der Waals surface area contributed by atoms with E-state index < -0.39 is 0 Å². The lowest BCUT2D eigenvalue weighted by molar-refractivity contribution is 0.0830. The van der Waals surface area contributed by atoms with Crippen LogP contribution in [-0.2, 0) is 0 Å². The van der Waals surface area contributed by atoms with Crippen LogP contribution in [0.25, 0.3) is 0 Å². The minimum atomic E-state index is 0.477. The van der Waals surface area contributed by atoms with Gasteiger partial charge in [0, 0.05) is 36.7 Å². The molecule has 22 heavy (non-hydrogen) atoms. The average molecular weight is 369 g/mol. The number of halogens is 1. The minimum absolute atomic E-state index is 0.477. The summed E-state index contributed by atoms with van der Waals surface area (Å²) < 4.78 is 12.1. The quantitative estimate of drug-likeness (QED) is 0.864. The highest BCUT2D eigenvalue weighted by Crippen LogP contribution is 2.46. The first-order valence-corrected chi connectivity index (χ1v) is 8.90. The zero-order chi connectivity index (χ0) is 15.5. The van der Waals surface area contributed by atoms with E-state index in [1.54, 1.807) is 14.2 Å². The molecule has 0 bridgehead atoms. The maximum absolute atomic E-state index is 5.52. The van der Waals surface area contributed by atoms with Crippen molar-refractivity contribution in [2.45, 2.75) is 25.3 Å².